The molecule has 0 radical (unpaired) electrons. The SMILES string of the molecule is Cc1cc2cnc(Nc3ccc(-c4nncn4C)cc3OC(F)F)nc2c(NCC(C)(C)C)n1. The lowest BCUT2D eigenvalue weighted by Gasteiger charge is -2.20. The van der Waals surface area contributed by atoms with Crippen LogP contribution >= 0.6 is 0 Å². The van der Waals surface area contributed by atoms with E-state index in [1.807, 2.05) is 13.0 Å². The van der Waals surface area contributed by atoms with Crippen molar-refractivity contribution in [3.05, 3.63) is 42.5 Å². The highest BCUT2D eigenvalue weighted by atomic mass is 19.3. The lowest BCUT2D eigenvalue weighted by molar-refractivity contribution is -0.0493. The van der Waals surface area contributed by atoms with Crippen molar-refractivity contribution < 1.29 is 13.5 Å². The van der Waals surface area contributed by atoms with Crippen molar-refractivity contribution in [2.45, 2.75) is 34.3 Å². The second kappa shape index (κ2) is 9.16. The summed E-state index contributed by atoms with van der Waals surface area (Å²) >= 11 is 0. The molecule has 0 aliphatic carbocycles. The van der Waals surface area contributed by atoms with Crippen molar-refractivity contribution >= 4 is 28.4 Å². The van der Waals surface area contributed by atoms with Crippen LogP contribution in [0, 0.1) is 12.3 Å². The summed E-state index contributed by atoms with van der Waals surface area (Å²) in [5.41, 5.74) is 2.36. The topological polar surface area (TPSA) is 103 Å². The number of alkyl halides is 2. The fraction of sp³-hybridized carbons (Fsp3) is 0.348. The van der Waals surface area contributed by atoms with Crippen LogP contribution in [-0.2, 0) is 7.05 Å². The van der Waals surface area contributed by atoms with Crippen LogP contribution in [0.4, 0.5) is 26.2 Å². The number of benzene rings is 1. The first kappa shape index (κ1) is 23.3. The number of anilines is 3. The summed E-state index contributed by atoms with van der Waals surface area (Å²) in [6, 6.07) is 6.71. The average molecular weight is 469 g/mol. The van der Waals surface area contributed by atoms with Crippen LogP contribution < -0.4 is 15.4 Å². The first-order chi connectivity index (χ1) is 16.1. The Kier molecular flexibility index (Phi) is 6.27. The van der Waals surface area contributed by atoms with Crippen LogP contribution in [0.5, 0.6) is 5.75 Å². The van der Waals surface area contributed by atoms with E-state index in [-0.39, 0.29) is 22.8 Å². The zero-order chi connectivity index (χ0) is 24.5. The van der Waals surface area contributed by atoms with E-state index in [9.17, 15) is 8.78 Å². The van der Waals surface area contributed by atoms with Gasteiger partial charge in [0.15, 0.2) is 11.6 Å². The Labute approximate surface area is 195 Å². The van der Waals surface area contributed by atoms with E-state index in [1.165, 1.54) is 12.4 Å². The molecule has 0 unspecified atom stereocenters. The molecule has 3 heterocycles. The van der Waals surface area contributed by atoms with E-state index in [4.69, 9.17) is 4.74 Å². The van der Waals surface area contributed by atoms with Gasteiger partial charge < -0.3 is 19.9 Å². The summed E-state index contributed by atoms with van der Waals surface area (Å²) in [4.78, 5) is 13.5. The summed E-state index contributed by atoms with van der Waals surface area (Å²) in [6.45, 7) is 5.95. The highest BCUT2D eigenvalue weighted by Crippen LogP contribution is 2.33. The summed E-state index contributed by atoms with van der Waals surface area (Å²) in [5, 5.41) is 15.0. The first-order valence-corrected chi connectivity index (χ1v) is 10.7. The van der Waals surface area contributed by atoms with Gasteiger partial charge in [-0.2, -0.15) is 8.78 Å². The molecule has 0 fully saturated rings. The zero-order valence-electron chi connectivity index (χ0n) is 19.6. The fourth-order valence-electron chi connectivity index (χ4n) is 3.33. The fourth-order valence-corrected chi connectivity index (χ4v) is 3.33. The Bertz CT molecular complexity index is 1320. The minimum absolute atomic E-state index is 0.0395. The summed E-state index contributed by atoms with van der Waals surface area (Å²) in [5.74, 6) is 1.32. The van der Waals surface area contributed by atoms with Crippen molar-refractivity contribution in [1.82, 2.24) is 29.7 Å². The number of hydrogen-bond donors (Lipinski definition) is 2. The van der Waals surface area contributed by atoms with E-state index >= 15 is 0 Å². The van der Waals surface area contributed by atoms with Crippen LogP contribution in [-0.4, -0.2) is 42.9 Å². The molecule has 0 aliphatic rings. The van der Waals surface area contributed by atoms with Crippen LogP contribution in [0.1, 0.15) is 26.5 Å². The second-order valence-corrected chi connectivity index (χ2v) is 9.14. The van der Waals surface area contributed by atoms with Crippen molar-refractivity contribution in [3.8, 4) is 17.1 Å². The number of fused-ring (bicyclic) bond motifs is 1. The van der Waals surface area contributed by atoms with Gasteiger partial charge in [-0.3, -0.25) is 0 Å². The summed E-state index contributed by atoms with van der Waals surface area (Å²) < 4.78 is 32.7. The highest BCUT2D eigenvalue weighted by Gasteiger charge is 2.17. The Morgan fingerprint density at radius 3 is 2.62 bits per heavy atom. The number of nitrogens with one attached hydrogen (secondary N) is 2. The van der Waals surface area contributed by atoms with E-state index in [2.05, 4.69) is 56.6 Å². The molecule has 0 atom stereocenters. The molecular formula is C23H26F2N8O. The standard InChI is InChI=1S/C23H26F2N8O/c1-13-8-15-10-26-22(31-18(15)19(29-13)27-11-23(2,3)4)30-16-7-6-14(9-17(16)34-21(24)25)20-32-28-12-33(20)5/h6-10,12,21H,11H2,1-5H3,(H,27,29)(H,26,30,31). The summed E-state index contributed by atoms with van der Waals surface area (Å²) in [6.07, 6.45) is 3.20. The average Bonchev–Trinajstić information content (AvgIpc) is 3.18. The molecule has 0 bridgehead atoms. The summed E-state index contributed by atoms with van der Waals surface area (Å²) in [7, 11) is 1.76. The molecule has 0 saturated carbocycles. The molecule has 178 valence electrons. The third kappa shape index (κ3) is 5.36. The van der Waals surface area contributed by atoms with Gasteiger partial charge >= 0.3 is 6.61 Å². The maximum absolute atomic E-state index is 13.1. The molecule has 2 N–H and O–H groups in total. The third-order valence-electron chi connectivity index (χ3n) is 4.89. The van der Waals surface area contributed by atoms with Crippen molar-refractivity contribution in [2.24, 2.45) is 12.5 Å². The quantitative estimate of drug-likeness (QED) is 0.394. The molecule has 4 aromatic rings. The largest absolute Gasteiger partial charge is 0.433 e. The number of hydrogen-bond acceptors (Lipinski definition) is 8. The van der Waals surface area contributed by atoms with Crippen LogP contribution in [0.2, 0.25) is 0 Å². The van der Waals surface area contributed by atoms with E-state index in [0.717, 1.165) is 11.1 Å². The predicted molar refractivity (Wildman–Crippen MR) is 126 cm³/mol. The molecule has 0 aliphatic heterocycles. The monoisotopic (exact) mass is 468 g/mol. The third-order valence-corrected chi connectivity index (χ3v) is 4.89. The normalized spacial score (nSPS) is 11.8. The number of nitrogens with zero attached hydrogens (tertiary/aromatic N) is 6. The molecule has 3 aromatic heterocycles. The molecule has 11 heteroatoms. The van der Waals surface area contributed by atoms with Gasteiger partial charge in [0.25, 0.3) is 0 Å². The molecule has 0 spiro atoms. The minimum atomic E-state index is -3.01. The van der Waals surface area contributed by atoms with Gasteiger partial charge in [-0.15, -0.1) is 10.2 Å². The number of aromatic nitrogens is 6. The number of rotatable bonds is 7. The van der Waals surface area contributed by atoms with Gasteiger partial charge in [0.05, 0.1) is 5.69 Å². The Morgan fingerprint density at radius 2 is 1.94 bits per heavy atom. The van der Waals surface area contributed by atoms with Crippen LogP contribution in [0.15, 0.2) is 36.8 Å². The molecule has 9 nitrogen and oxygen atoms in total. The van der Waals surface area contributed by atoms with Crippen molar-refractivity contribution in [3.63, 3.8) is 0 Å². The maximum atomic E-state index is 13.1. The molecule has 0 saturated heterocycles. The Hall–Kier alpha value is -3.89. The zero-order valence-corrected chi connectivity index (χ0v) is 19.6. The Morgan fingerprint density at radius 1 is 1.15 bits per heavy atom. The number of halogens is 2. The number of ether oxygens (including phenoxy) is 1. The molecule has 34 heavy (non-hydrogen) atoms. The first-order valence-electron chi connectivity index (χ1n) is 10.7. The van der Waals surface area contributed by atoms with E-state index < -0.39 is 6.61 Å². The maximum Gasteiger partial charge on any atom is 0.387 e. The lowest BCUT2D eigenvalue weighted by Crippen LogP contribution is -2.20. The smallest absolute Gasteiger partial charge is 0.387 e. The lowest BCUT2D eigenvalue weighted by atomic mass is 9.97. The Balaban J connectivity index is 1.70. The molecular weight excluding hydrogens is 442 g/mol. The molecule has 0 amide bonds. The second-order valence-electron chi connectivity index (χ2n) is 9.14. The van der Waals surface area contributed by atoms with Gasteiger partial charge in [-0.05, 0) is 36.6 Å². The molecule has 1 aromatic carbocycles. The number of aryl methyl sites for hydroxylation is 2. The minimum Gasteiger partial charge on any atom is -0.433 e. The van der Waals surface area contributed by atoms with Crippen LogP contribution in [0.25, 0.3) is 22.3 Å². The van der Waals surface area contributed by atoms with E-state index in [0.29, 0.717) is 29.3 Å². The van der Waals surface area contributed by atoms with Crippen LogP contribution in [0.3, 0.4) is 0 Å². The van der Waals surface area contributed by atoms with Gasteiger partial charge in [0, 0.05) is 36.4 Å². The van der Waals surface area contributed by atoms with E-state index in [1.54, 1.807) is 29.9 Å². The van der Waals surface area contributed by atoms with Crippen molar-refractivity contribution in [2.75, 3.05) is 17.2 Å². The van der Waals surface area contributed by atoms with Gasteiger partial charge in [-0.25, -0.2) is 15.0 Å². The van der Waals surface area contributed by atoms with Gasteiger partial charge in [0.2, 0.25) is 5.95 Å². The molecule has 4 rings (SSSR count). The van der Waals surface area contributed by atoms with Crippen molar-refractivity contribution in [1.29, 1.82) is 0 Å². The number of pyridine rings is 1. The predicted octanol–water partition coefficient (Wildman–Crippen LogP) is 4.93. The van der Waals surface area contributed by atoms with Gasteiger partial charge in [0.1, 0.15) is 17.6 Å². The highest BCUT2D eigenvalue weighted by molar-refractivity contribution is 5.89. The van der Waals surface area contributed by atoms with Gasteiger partial charge in [-0.1, -0.05) is 20.8 Å².